The van der Waals surface area contributed by atoms with Gasteiger partial charge in [-0.3, -0.25) is 9.48 Å². The van der Waals surface area contributed by atoms with Gasteiger partial charge in [0.25, 0.3) is 0 Å². The van der Waals surface area contributed by atoms with Crippen LogP contribution in [0.3, 0.4) is 0 Å². The molecule has 1 aromatic heterocycles. The molecule has 0 aliphatic carbocycles. The van der Waals surface area contributed by atoms with E-state index in [9.17, 15) is 9.18 Å². The van der Waals surface area contributed by atoms with Gasteiger partial charge in [-0.05, 0) is 44.4 Å². The summed E-state index contributed by atoms with van der Waals surface area (Å²) in [5.74, 6) is 0.00803. The summed E-state index contributed by atoms with van der Waals surface area (Å²) in [4.78, 5) is 12.2. The standard InChI is InChI=1S/C18H24FN3O/c1-11(2)10-22-14(5)16(13(4)21-22)9-18(23)20-15-7-6-12(3)17(19)8-15/h6-8,11H,9-10H2,1-5H3,(H,20,23). The number of amides is 1. The Balaban J connectivity index is 2.11. The fourth-order valence-corrected chi connectivity index (χ4v) is 2.55. The normalized spacial score (nSPS) is 11.1. The fraction of sp³-hybridized carbons (Fsp3) is 0.444. The van der Waals surface area contributed by atoms with Crippen LogP contribution in [-0.4, -0.2) is 15.7 Å². The summed E-state index contributed by atoms with van der Waals surface area (Å²) in [5.41, 5.74) is 3.86. The number of rotatable bonds is 5. The second-order valence-corrected chi connectivity index (χ2v) is 6.41. The number of aryl methyl sites for hydroxylation is 2. The minimum atomic E-state index is -0.320. The van der Waals surface area contributed by atoms with Crippen LogP contribution in [0.2, 0.25) is 0 Å². The SMILES string of the molecule is Cc1ccc(NC(=O)Cc2c(C)nn(CC(C)C)c2C)cc1F. The lowest BCUT2D eigenvalue weighted by atomic mass is 10.1. The highest BCUT2D eigenvalue weighted by molar-refractivity contribution is 5.92. The maximum atomic E-state index is 13.5. The summed E-state index contributed by atoms with van der Waals surface area (Å²) in [6.07, 6.45) is 0.241. The molecule has 0 spiro atoms. The molecule has 0 fully saturated rings. The molecule has 0 unspecified atom stereocenters. The van der Waals surface area contributed by atoms with E-state index in [4.69, 9.17) is 0 Å². The first-order valence-corrected chi connectivity index (χ1v) is 7.86. The Morgan fingerprint density at radius 1 is 1.30 bits per heavy atom. The van der Waals surface area contributed by atoms with Crippen molar-refractivity contribution in [3.63, 3.8) is 0 Å². The van der Waals surface area contributed by atoms with Crippen LogP contribution in [0.1, 0.15) is 36.4 Å². The molecule has 1 aromatic carbocycles. The van der Waals surface area contributed by atoms with E-state index >= 15 is 0 Å². The Hall–Kier alpha value is -2.17. The number of aromatic nitrogens is 2. The van der Waals surface area contributed by atoms with Gasteiger partial charge in [-0.2, -0.15) is 5.10 Å². The number of anilines is 1. The van der Waals surface area contributed by atoms with Crippen LogP contribution in [0.5, 0.6) is 0 Å². The van der Waals surface area contributed by atoms with Gasteiger partial charge in [-0.15, -0.1) is 0 Å². The van der Waals surface area contributed by atoms with Crippen molar-refractivity contribution >= 4 is 11.6 Å². The van der Waals surface area contributed by atoms with Gasteiger partial charge in [0.15, 0.2) is 0 Å². The number of halogens is 1. The highest BCUT2D eigenvalue weighted by Crippen LogP contribution is 2.17. The largest absolute Gasteiger partial charge is 0.326 e. The Bertz CT molecular complexity index is 719. The summed E-state index contributed by atoms with van der Waals surface area (Å²) in [6.45, 7) is 10.7. The van der Waals surface area contributed by atoms with Crippen molar-refractivity contribution in [1.29, 1.82) is 0 Å². The van der Waals surface area contributed by atoms with Gasteiger partial charge in [0, 0.05) is 23.5 Å². The zero-order valence-electron chi connectivity index (χ0n) is 14.4. The van der Waals surface area contributed by atoms with Crippen LogP contribution in [0.15, 0.2) is 18.2 Å². The Labute approximate surface area is 136 Å². The zero-order chi connectivity index (χ0) is 17.1. The number of nitrogens with one attached hydrogen (secondary N) is 1. The van der Waals surface area contributed by atoms with Crippen LogP contribution in [0.4, 0.5) is 10.1 Å². The first-order valence-electron chi connectivity index (χ1n) is 7.86. The second-order valence-electron chi connectivity index (χ2n) is 6.41. The number of benzene rings is 1. The molecule has 0 radical (unpaired) electrons. The summed E-state index contributed by atoms with van der Waals surface area (Å²) in [6, 6.07) is 4.70. The Morgan fingerprint density at radius 2 is 2.00 bits per heavy atom. The van der Waals surface area contributed by atoms with Crippen molar-refractivity contribution in [2.45, 2.75) is 47.6 Å². The average Bonchev–Trinajstić information content (AvgIpc) is 2.70. The van der Waals surface area contributed by atoms with E-state index in [-0.39, 0.29) is 18.1 Å². The smallest absolute Gasteiger partial charge is 0.228 e. The molecule has 0 atom stereocenters. The molecule has 1 heterocycles. The van der Waals surface area contributed by atoms with E-state index in [0.29, 0.717) is 17.2 Å². The van der Waals surface area contributed by atoms with Crippen molar-refractivity contribution in [2.24, 2.45) is 5.92 Å². The van der Waals surface area contributed by atoms with E-state index in [1.165, 1.54) is 6.07 Å². The molecule has 2 rings (SSSR count). The number of nitrogens with zero attached hydrogens (tertiary/aromatic N) is 2. The number of hydrogen-bond acceptors (Lipinski definition) is 2. The number of hydrogen-bond donors (Lipinski definition) is 1. The minimum absolute atomic E-state index is 0.163. The highest BCUT2D eigenvalue weighted by atomic mass is 19.1. The van der Waals surface area contributed by atoms with Gasteiger partial charge in [0.05, 0.1) is 12.1 Å². The first kappa shape index (κ1) is 17.2. The molecule has 0 saturated carbocycles. The van der Waals surface area contributed by atoms with Gasteiger partial charge in [-0.25, -0.2) is 4.39 Å². The maximum absolute atomic E-state index is 13.5. The van der Waals surface area contributed by atoms with Gasteiger partial charge in [0.1, 0.15) is 5.82 Å². The lowest BCUT2D eigenvalue weighted by Crippen LogP contribution is -2.16. The molecule has 1 amide bonds. The molecule has 23 heavy (non-hydrogen) atoms. The second kappa shape index (κ2) is 6.94. The van der Waals surface area contributed by atoms with E-state index in [1.807, 2.05) is 18.5 Å². The van der Waals surface area contributed by atoms with Crippen LogP contribution < -0.4 is 5.32 Å². The molecule has 0 aliphatic rings. The molecular weight excluding hydrogens is 293 g/mol. The van der Waals surface area contributed by atoms with Crippen LogP contribution >= 0.6 is 0 Å². The van der Waals surface area contributed by atoms with Crippen molar-refractivity contribution in [1.82, 2.24) is 9.78 Å². The molecule has 0 bridgehead atoms. The van der Waals surface area contributed by atoms with E-state index in [1.54, 1.807) is 19.1 Å². The van der Waals surface area contributed by atoms with Crippen molar-refractivity contribution in [2.75, 3.05) is 5.32 Å². The van der Waals surface area contributed by atoms with Gasteiger partial charge < -0.3 is 5.32 Å². The van der Waals surface area contributed by atoms with Gasteiger partial charge in [0.2, 0.25) is 5.91 Å². The third kappa shape index (κ3) is 4.18. The monoisotopic (exact) mass is 317 g/mol. The van der Waals surface area contributed by atoms with E-state index in [0.717, 1.165) is 23.5 Å². The average molecular weight is 317 g/mol. The fourth-order valence-electron chi connectivity index (χ4n) is 2.55. The quantitative estimate of drug-likeness (QED) is 0.912. The third-order valence-electron chi connectivity index (χ3n) is 3.86. The summed E-state index contributed by atoms with van der Waals surface area (Å²) >= 11 is 0. The highest BCUT2D eigenvalue weighted by Gasteiger charge is 2.16. The minimum Gasteiger partial charge on any atom is -0.326 e. The molecule has 1 N–H and O–H groups in total. The number of carbonyl (C=O) groups is 1. The van der Waals surface area contributed by atoms with Crippen molar-refractivity contribution in [3.8, 4) is 0 Å². The zero-order valence-corrected chi connectivity index (χ0v) is 14.4. The predicted molar refractivity (Wildman–Crippen MR) is 90.0 cm³/mol. The van der Waals surface area contributed by atoms with Crippen molar-refractivity contribution < 1.29 is 9.18 Å². The van der Waals surface area contributed by atoms with E-state index in [2.05, 4.69) is 24.3 Å². The summed E-state index contributed by atoms with van der Waals surface area (Å²) < 4.78 is 15.5. The molecular formula is C18H24FN3O. The molecule has 2 aromatic rings. The Kier molecular flexibility index (Phi) is 5.19. The molecule has 4 nitrogen and oxygen atoms in total. The lowest BCUT2D eigenvalue weighted by Gasteiger charge is -2.09. The summed E-state index contributed by atoms with van der Waals surface area (Å²) in [5, 5.41) is 7.26. The molecule has 5 heteroatoms. The first-order chi connectivity index (χ1) is 10.8. The topological polar surface area (TPSA) is 46.9 Å². The molecule has 0 saturated heterocycles. The predicted octanol–water partition coefficient (Wildman–Crippen LogP) is 3.78. The lowest BCUT2D eigenvalue weighted by molar-refractivity contribution is -0.115. The molecule has 124 valence electrons. The molecule has 0 aliphatic heterocycles. The van der Waals surface area contributed by atoms with Crippen LogP contribution in [0.25, 0.3) is 0 Å². The van der Waals surface area contributed by atoms with Gasteiger partial charge >= 0.3 is 0 Å². The maximum Gasteiger partial charge on any atom is 0.228 e. The van der Waals surface area contributed by atoms with Crippen LogP contribution in [-0.2, 0) is 17.8 Å². The van der Waals surface area contributed by atoms with Crippen molar-refractivity contribution in [3.05, 3.63) is 46.5 Å². The van der Waals surface area contributed by atoms with Crippen LogP contribution in [0, 0.1) is 32.5 Å². The number of carbonyl (C=O) groups excluding carboxylic acids is 1. The van der Waals surface area contributed by atoms with Gasteiger partial charge in [-0.1, -0.05) is 19.9 Å². The van der Waals surface area contributed by atoms with E-state index < -0.39 is 0 Å². The third-order valence-corrected chi connectivity index (χ3v) is 3.86. The summed E-state index contributed by atoms with van der Waals surface area (Å²) in [7, 11) is 0. The Morgan fingerprint density at radius 3 is 2.61 bits per heavy atom.